The van der Waals surface area contributed by atoms with Gasteiger partial charge in [-0.25, -0.2) is 4.98 Å². The fourth-order valence-corrected chi connectivity index (χ4v) is 5.15. The van der Waals surface area contributed by atoms with E-state index in [-0.39, 0.29) is 0 Å². The van der Waals surface area contributed by atoms with E-state index in [2.05, 4.69) is 26.3 Å². The van der Waals surface area contributed by atoms with E-state index in [1.807, 2.05) is 30.5 Å². The molecule has 3 fully saturated rings. The largest absolute Gasteiger partial charge is 0.464 e. The van der Waals surface area contributed by atoms with Crippen LogP contribution in [-0.2, 0) is 6.54 Å². The SMILES string of the molecule is c1cnc2nc(Oc3ccc4c(CN5CC6CCC5CN6)coc4c3)sc2c1. The van der Waals surface area contributed by atoms with Crippen LogP contribution in [0.5, 0.6) is 10.9 Å². The van der Waals surface area contributed by atoms with E-state index in [1.165, 1.54) is 29.7 Å². The average Bonchev–Trinajstić information content (AvgIpc) is 3.32. The van der Waals surface area contributed by atoms with Crippen molar-refractivity contribution in [2.45, 2.75) is 31.5 Å². The van der Waals surface area contributed by atoms with Crippen molar-refractivity contribution in [1.29, 1.82) is 0 Å². The second-order valence-electron chi connectivity index (χ2n) is 7.59. The molecule has 28 heavy (non-hydrogen) atoms. The number of rotatable bonds is 4. The summed E-state index contributed by atoms with van der Waals surface area (Å²) >= 11 is 1.49. The standard InChI is InChI=1S/C21H20N4O2S/c1-2-19-20(22-7-1)24-21(28-19)27-16-5-6-17-13(12-26-18(17)8-16)10-25-11-14-3-4-15(25)9-23-14/h1-2,5-8,12,14-15,23H,3-4,9-11H2. The third-order valence-electron chi connectivity index (χ3n) is 5.81. The summed E-state index contributed by atoms with van der Waals surface area (Å²) in [5.74, 6) is 0.730. The van der Waals surface area contributed by atoms with Gasteiger partial charge in [-0.15, -0.1) is 0 Å². The van der Waals surface area contributed by atoms with Crippen LogP contribution in [0, 0.1) is 0 Å². The number of ether oxygens (including phenoxy) is 1. The Morgan fingerprint density at radius 1 is 1.29 bits per heavy atom. The molecule has 0 spiro atoms. The number of nitrogens with zero attached hydrogens (tertiary/aromatic N) is 3. The Kier molecular flexibility index (Phi) is 3.85. The van der Waals surface area contributed by atoms with Gasteiger partial charge in [-0.2, -0.15) is 4.98 Å². The zero-order valence-electron chi connectivity index (χ0n) is 15.3. The monoisotopic (exact) mass is 392 g/mol. The van der Waals surface area contributed by atoms with Crippen LogP contribution in [0.25, 0.3) is 21.3 Å². The Balaban J connectivity index is 1.24. The second kappa shape index (κ2) is 6.55. The molecule has 7 heteroatoms. The Bertz CT molecular complexity index is 1110. The van der Waals surface area contributed by atoms with Crippen molar-refractivity contribution in [3.05, 3.63) is 48.4 Å². The Morgan fingerprint density at radius 3 is 3.11 bits per heavy atom. The third kappa shape index (κ3) is 2.87. The van der Waals surface area contributed by atoms with E-state index in [1.54, 1.807) is 6.20 Å². The quantitative estimate of drug-likeness (QED) is 0.562. The molecule has 6 nitrogen and oxygen atoms in total. The van der Waals surface area contributed by atoms with Gasteiger partial charge in [0.1, 0.15) is 11.3 Å². The van der Waals surface area contributed by atoms with Crippen LogP contribution in [0.15, 0.2) is 47.2 Å². The lowest BCUT2D eigenvalue weighted by molar-refractivity contribution is 0.0687. The maximum Gasteiger partial charge on any atom is 0.281 e. The van der Waals surface area contributed by atoms with E-state index >= 15 is 0 Å². The van der Waals surface area contributed by atoms with Crippen molar-refractivity contribution >= 4 is 32.7 Å². The fourth-order valence-electron chi connectivity index (χ4n) is 4.36. The van der Waals surface area contributed by atoms with Gasteiger partial charge in [-0.3, -0.25) is 4.90 Å². The first-order valence-corrected chi connectivity index (χ1v) is 10.5. The molecular formula is C21H20N4O2S. The van der Waals surface area contributed by atoms with Gasteiger partial charge >= 0.3 is 0 Å². The number of fused-ring (bicyclic) bond motifs is 5. The fraction of sp³-hybridized carbons (Fsp3) is 0.333. The van der Waals surface area contributed by atoms with Gasteiger partial charge in [-0.1, -0.05) is 11.3 Å². The van der Waals surface area contributed by atoms with Crippen molar-refractivity contribution in [2.75, 3.05) is 13.1 Å². The predicted octanol–water partition coefficient (Wildman–Crippen LogP) is 4.17. The first-order chi connectivity index (χ1) is 13.8. The lowest BCUT2D eigenvalue weighted by Gasteiger charge is -2.45. The minimum absolute atomic E-state index is 0.594. The number of piperazine rings is 1. The highest BCUT2D eigenvalue weighted by Gasteiger charge is 2.33. The van der Waals surface area contributed by atoms with Crippen LogP contribution >= 0.6 is 11.3 Å². The number of benzene rings is 1. The van der Waals surface area contributed by atoms with Crippen LogP contribution in [0.3, 0.4) is 0 Å². The van der Waals surface area contributed by atoms with Gasteiger partial charge in [0.2, 0.25) is 0 Å². The number of pyridine rings is 1. The number of aromatic nitrogens is 2. The molecule has 3 saturated heterocycles. The van der Waals surface area contributed by atoms with Crippen molar-refractivity contribution in [1.82, 2.24) is 20.2 Å². The topological polar surface area (TPSA) is 63.4 Å². The van der Waals surface area contributed by atoms with Crippen molar-refractivity contribution in [3.8, 4) is 10.9 Å². The van der Waals surface area contributed by atoms with Gasteiger partial charge in [-0.05, 0) is 37.1 Å². The maximum absolute atomic E-state index is 5.96. The van der Waals surface area contributed by atoms with Crippen LogP contribution < -0.4 is 10.1 Å². The van der Waals surface area contributed by atoms with Crippen LogP contribution in [0.2, 0.25) is 0 Å². The average molecular weight is 392 g/mol. The molecular weight excluding hydrogens is 372 g/mol. The Labute approximate surface area is 166 Å². The normalized spacial score (nSPS) is 22.3. The molecule has 4 aromatic rings. The molecule has 0 saturated carbocycles. The molecule has 142 valence electrons. The number of hydrogen-bond acceptors (Lipinski definition) is 7. The Morgan fingerprint density at radius 2 is 2.29 bits per heavy atom. The smallest absolute Gasteiger partial charge is 0.281 e. The van der Waals surface area contributed by atoms with Crippen LogP contribution in [-0.4, -0.2) is 40.0 Å². The molecule has 0 amide bonds. The number of piperidine rings is 2. The molecule has 1 aromatic carbocycles. The number of hydrogen-bond donors (Lipinski definition) is 1. The molecule has 2 unspecified atom stereocenters. The summed E-state index contributed by atoms with van der Waals surface area (Å²) in [6.45, 7) is 3.18. The van der Waals surface area contributed by atoms with Crippen molar-refractivity contribution in [2.24, 2.45) is 0 Å². The first kappa shape index (κ1) is 16.5. The molecule has 2 bridgehead atoms. The summed E-state index contributed by atoms with van der Waals surface area (Å²) in [7, 11) is 0. The second-order valence-corrected chi connectivity index (χ2v) is 8.58. The zero-order chi connectivity index (χ0) is 18.5. The predicted molar refractivity (Wildman–Crippen MR) is 109 cm³/mol. The third-order valence-corrected chi connectivity index (χ3v) is 6.70. The molecule has 6 heterocycles. The highest BCUT2D eigenvalue weighted by atomic mass is 32.1. The molecule has 3 aromatic heterocycles. The number of furan rings is 1. The summed E-state index contributed by atoms with van der Waals surface area (Å²) < 4.78 is 12.8. The van der Waals surface area contributed by atoms with Crippen LogP contribution in [0.1, 0.15) is 18.4 Å². The molecule has 3 aliphatic rings. The minimum atomic E-state index is 0.594. The van der Waals surface area contributed by atoms with Gasteiger partial charge in [0, 0.05) is 54.9 Å². The highest BCUT2D eigenvalue weighted by Crippen LogP contribution is 2.33. The molecule has 2 atom stereocenters. The summed E-state index contributed by atoms with van der Waals surface area (Å²) in [5, 5.41) is 5.37. The molecule has 3 aliphatic heterocycles. The summed E-state index contributed by atoms with van der Waals surface area (Å²) in [6.07, 6.45) is 6.23. The van der Waals surface area contributed by atoms with E-state index in [0.717, 1.165) is 41.1 Å². The van der Waals surface area contributed by atoms with Crippen molar-refractivity contribution < 1.29 is 9.15 Å². The first-order valence-electron chi connectivity index (χ1n) is 9.69. The molecule has 7 rings (SSSR count). The number of nitrogens with one attached hydrogen (secondary N) is 1. The van der Waals surface area contributed by atoms with Gasteiger partial charge in [0.25, 0.3) is 5.19 Å². The van der Waals surface area contributed by atoms with Crippen LogP contribution in [0.4, 0.5) is 0 Å². The van der Waals surface area contributed by atoms with Gasteiger partial charge in [0.15, 0.2) is 5.65 Å². The molecule has 0 radical (unpaired) electrons. The maximum atomic E-state index is 5.96. The lowest BCUT2D eigenvalue weighted by Crippen LogP contribution is -2.60. The lowest BCUT2D eigenvalue weighted by atomic mass is 9.92. The summed E-state index contributed by atoms with van der Waals surface area (Å²) in [6, 6.07) is 11.2. The Hall–Kier alpha value is -2.48. The van der Waals surface area contributed by atoms with E-state index in [4.69, 9.17) is 9.15 Å². The van der Waals surface area contributed by atoms with Gasteiger partial charge in [0.05, 0.1) is 11.0 Å². The molecule has 1 N–H and O–H groups in total. The number of thiazole rings is 1. The van der Waals surface area contributed by atoms with E-state index < -0.39 is 0 Å². The van der Waals surface area contributed by atoms with Crippen molar-refractivity contribution in [3.63, 3.8) is 0 Å². The summed E-state index contributed by atoms with van der Waals surface area (Å²) in [4.78, 5) is 11.3. The van der Waals surface area contributed by atoms with Gasteiger partial charge < -0.3 is 14.5 Å². The minimum Gasteiger partial charge on any atom is -0.464 e. The highest BCUT2D eigenvalue weighted by molar-refractivity contribution is 7.20. The molecule has 0 aliphatic carbocycles. The zero-order valence-corrected chi connectivity index (χ0v) is 16.1. The van der Waals surface area contributed by atoms with E-state index in [0.29, 0.717) is 22.9 Å². The summed E-state index contributed by atoms with van der Waals surface area (Å²) in [5.41, 5.74) is 2.82. The van der Waals surface area contributed by atoms with E-state index in [9.17, 15) is 0 Å².